The van der Waals surface area contributed by atoms with Crippen LogP contribution in [-0.4, -0.2) is 44.4 Å². The quantitative estimate of drug-likeness (QED) is 0.786. The zero-order valence-electron chi connectivity index (χ0n) is 13.5. The Labute approximate surface area is 130 Å². The van der Waals surface area contributed by atoms with Crippen LogP contribution in [0.2, 0.25) is 0 Å². The third kappa shape index (κ3) is 5.20. The molecule has 0 amide bonds. The van der Waals surface area contributed by atoms with Crippen molar-refractivity contribution >= 4 is 10.2 Å². The summed E-state index contributed by atoms with van der Waals surface area (Å²) in [5.41, 5.74) is 0. The average molecular weight is 317 g/mol. The van der Waals surface area contributed by atoms with Crippen LogP contribution >= 0.6 is 0 Å². The van der Waals surface area contributed by atoms with Crippen LogP contribution in [0.4, 0.5) is 0 Å². The van der Waals surface area contributed by atoms with Gasteiger partial charge in [0.2, 0.25) is 0 Å². The van der Waals surface area contributed by atoms with Crippen LogP contribution in [0.3, 0.4) is 0 Å². The molecule has 0 radical (unpaired) electrons. The molecule has 2 rings (SSSR count). The van der Waals surface area contributed by atoms with Gasteiger partial charge < -0.3 is 5.32 Å². The highest BCUT2D eigenvalue weighted by Crippen LogP contribution is 2.22. The molecule has 0 bridgehead atoms. The van der Waals surface area contributed by atoms with Crippen molar-refractivity contribution in [2.45, 2.75) is 70.9 Å². The first-order valence-corrected chi connectivity index (χ1v) is 9.96. The highest BCUT2D eigenvalue weighted by Gasteiger charge is 2.30. The van der Waals surface area contributed by atoms with Crippen molar-refractivity contribution in [1.29, 1.82) is 0 Å². The molecule has 0 aromatic carbocycles. The Balaban J connectivity index is 1.77. The molecule has 5 nitrogen and oxygen atoms in total. The summed E-state index contributed by atoms with van der Waals surface area (Å²) in [7, 11) is -3.28. The van der Waals surface area contributed by atoms with E-state index in [0.29, 0.717) is 25.0 Å². The van der Waals surface area contributed by atoms with Crippen molar-refractivity contribution in [3.63, 3.8) is 0 Å². The van der Waals surface area contributed by atoms with E-state index in [1.807, 2.05) is 0 Å². The van der Waals surface area contributed by atoms with Crippen LogP contribution in [0.1, 0.15) is 58.8 Å². The second-order valence-electron chi connectivity index (χ2n) is 6.71. The van der Waals surface area contributed by atoms with Crippen molar-refractivity contribution in [3.05, 3.63) is 0 Å². The molecular formula is C15H31N3O2S. The summed E-state index contributed by atoms with van der Waals surface area (Å²) < 4.78 is 29.4. The SMILES string of the molecule is CCCNC1CCC(NS(=O)(=O)N2CCC(C)CC2)CC1. The Morgan fingerprint density at radius 1 is 1.00 bits per heavy atom. The minimum atomic E-state index is -3.28. The van der Waals surface area contributed by atoms with E-state index in [1.165, 1.54) is 0 Å². The highest BCUT2D eigenvalue weighted by atomic mass is 32.2. The molecule has 2 aliphatic rings. The molecule has 0 unspecified atom stereocenters. The summed E-state index contributed by atoms with van der Waals surface area (Å²) in [4.78, 5) is 0. The summed E-state index contributed by atoms with van der Waals surface area (Å²) in [6, 6.07) is 0.690. The van der Waals surface area contributed by atoms with Crippen molar-refractivity contribution in [1.82, 2.24) is 14.3 Å². The Morgan fingerprint density at radius 3 is 2.14 bits per heavy atom. The van der Waals surface area contributed by atoms with E-state index in [-0.39, 0.29) is 6.04 Å². The van der Waals surface area contributed by atoms with Crippen LogP contribution < -0.4 is 10.0 Å². The lowest BCUT2D eigenvalue weighted by Gasteiger charge is -2.33. The lowest BCUT2D eigenvalue weighted by molar-refractivity contribution is 0.276. The van der Waals surface area contributed by atoms with Crippen LogP contribution in [-0.2, 0) is 10.2 Å². The van der Waals surface area contributed by atoms with Gasteiger partial charge in [-0.05, 0) is 57.4 Å². The maximum absolute atomic E-state index is 12.4. The van der Waals surface area contributed by atoms with E-state index in [9.17, 15) is 8.42 Å². The number of hydrogen-bond acceptors (Lipinski definition) is 3. The minimum Gasteiger partial charge on any atom is -0.314 e. The van der Waals surface area contributed by atoms with Gasteiger partial charge in [0.05, 0.1) is 0 Å². The predicted molar refractivity (Wildman–Crippen MR) is 86.4 cm³/mol. The third-order valence-corrected chi connectivity index (χ3v) is 6.48. The van der Waals surface area contributed by atoms with E-state index in [4.69, 9.17) is 0 Å². The molecule has 1 heterocycles. The molecule has 0 atom stereocenters. The number of nitrogens with zero attached hydrogens (tertiary/aromatic N) is 1. The van der Waals surface area contributed by atoms with Gasteiger partial charge in [-0.3, -0.25) is 0 Å². The summed E-state index contributed by atoms with van der Waals surface area (Å²) in [5, 5.41) is 3.54. The summed E-state index contributed by atoms with van der Waals surface area (Å²) in [6.07, 6.45) is 7.16. The van der Waals surface area contributed by atoms with Gasteiger partial charge in [0, 0.05) is 25.2 Å². The maximum atomic E-state index is 12.4. The van der Waals surface area contributed by atoms with Gasteiger partial charge in [0.15, 0.2) is 0 Å². The monoisotopic (exact) mass is 317 g/mol. The first-order valence-electron chi connectivity index (χ1n) is 8.52. The highest BCUT2D eigenvalue weighted by molar-refractivity contribution is 7.87. The predicted octanol–water partition coefficient (Wildman–Crippen LogP) is 1.86. The number of rotatable bonds is 6. The molecule has 1 aliphatic carbocycles. The van der Waals surface area contributed by atoms with E-state index >= 15 is 0 Å². The summed E-state index contributed by atoms with van der Waals surface area (Å²) in [5.74, 6) is 0.650. The molecule has 21 heavy (non-hydrogen) atoms. The third-order valence-electron chi connectivity index (χ3n) is 4.81. The zero-order valence-corrected chi connectivity index (χ0v) is 14.3. The van der Waals surface area contributed by atoms with Gasteiger partial charge >= 0.3 is 0 Å². The standard InChI is InChI=1S/C15H31N3O2S/c1-3-10-16-14-4-6-15(7-5-14)17-21(19,20)18-11-8-13(2)9-12-18/h13-17H,3-12H2,1-2H3. The van der Waals surface area contributed by atoms with Gasteiger partial charge in [-0.1, -0.05) is 13.8 Å². The van der Waals surface area contributed by atoms with E-state index in [2.05, 4.69) is 23.9 Å². The second kappa shape index (κ2) is 7.90. The lowest BCUT2D eigenvalue weighted by atomic mass is 9.92. The van der Waals surface area contributed by atoms with Crippen molar-refractivity contribution < 1.29 is 8.42 Å². The van der Waals surface area contributed by atoms with Crippen LogP contribution in [0, 0.1) is 5.92 Å². The largest absolute Gasteiger partial charge is 0.314 e. The first kappa shape index (κ1) is 17.2. The van der Waals surface area contributed by atoms with Crippen LogP contribution in [0.15, 0.2) is 0 Å². The Morgan fingerprint density at radius 2 is 1.57 bits per heavy atom. The smallest absolute Gasteiger partial charge is 0.279 e. The Bertz CT molecular complexity index is 397. The fourth-order valence-corrected chi connectivity index (χ4v) is 4.77. The molecule has 1 saturated carbocycles. The van der Waals surface area contributed by atoms with Gasteiger partial charge in [-0.25, -0.2) is 0 Å². The number of piperidine rings is 1. The van der Waals surface area contributed by atoms with Crippen molar-refractivity contribution in [2.75, 3.05) is 19.6 Å². The molecule has 2 fully saturated rings. The second-order valence-corrected chi connectivity index (χ2v) is 8.41. The lowest BCUT2D eigenvalue weighted by Crippen LogP contribution is -2.49. The Hall–Kier alpha value is -0.170. The fourth-order valence-electron chi connectivity index (χ4n) is 3.27. The van der Waals surface area contributed by atoms with E-state index < -0.39 is 10.2 Å². The normalized spacial score (nSPS) is 29.6. The molecular weight excluding hydrogens is 286 g/mol. The number of hydrogen-bond donors (Lipinski definition) is 2. The topological polar surface area (TPSA) is 61.4 Å². The number of nitrogens with one attached hydrogen (secondary N) is 2. The van der Waals surface area contributed by atoms with Gasteiger partial charge in [0.1, 0.15) is 0 Å². The van der Waals surface area contributed by atoms with Gasteiger partial charge in [-0.15, -0.1) is 0 Å². The molecule has 1 saturated heterocycles. The van der Waals surface area contributed by atoms with Gasteiger partial charge in [-0.2, -0.15) is 17.4 Å². The molecule has 124 valence electrons. The Kier molecular flexibility index (Phi) is 6.47. The van der Waals surface area contributed by atoms with E-state index in [1.54, 1.807) is 4.31 Å². The van der Waals surface area contributed by atoms with Crippen LogP contribution in [0.25, 0.3) is 0 Å². The molecule has 1 aliphatic heterocycles. The maximum Gasteiger partial charge on any atom is 0.279 e. The summed E-state index contributed by atoms with van der Waals surface area (Å²) >= 11 is 0. The van der Waals surface area contributed by atoms with Gasteiger partial charge in [0.25, 0.3) is 10.2 Å². The average Bonchev–Trinajstić information content (AvgIpc) is 2.47. The van der Waals surface area contributed by atoms with Crippen molar-refractivity contribution in [3.8, 4) is 0 Å². The first-order chi connectivity index (χ1) is 10.0. The molecule has 6 heteroatoms. The molecule has 0 aromatic heterocycles. The summed E-state index contributed by atoms with van der Waals surface area (Å²) in [6.45, 7) is 6.77. The molecule has 0 spiro atoms. The fraction of sp³-hybridized carbons (Fsp3) is 1.00. The molecule has 2 N–H and O–H groups in total. The molecule has 0 aromatic rings. The minimum absolute atomic E-state index is 0.119. The van der Waals surface area contributed by atoms with Crippen molar-refractivity contribution in [2.24, 2.45) is 5.92 Å². The van der Waals surface area contributed by atoms with E-state index in [0.717, 1.165) is 51.5 Å². The zero-order chi connectivity index (χ0) is 15.3. The van der Waals surface area contributed by atoms with Crippen LogP contribution in [0.5, 0.6) is 0 Å².